The van der Waals surface area contributed by atoms with Crippen molar-refractivity contribution in [2.45, 2.75) is 38.3 Å². The zero-order chi connectivity index (χ0) is 15.3. The fraction of sp³-hybridized carbons (Fsp3) is 0.600. The van der Waals surface area contributed by atoms with E-state index in [0.717, 1.165) is 49.0 Å². The number of rotatable bonds is 3. The molecule has 0 N–H and O–H groups in total. The summed E-state index contributed by atoms with van der Waals surface area (Å²) in [6.07, 6.45) is 3.34. The molecule has 0 saturated heterocycles. The maximum atomic E-state index is 11.8. The summed E-state index contributed by atoms with van der Waals surface area (Å²) in [7, 11) is 3.76. The number of fused-ring (bicyclic) bond motifs is 1. The number of nitrogens with zero attached hydrogens (tertiary/aromatic N) is 6. The van der Waals surface area contributed by atoms with Gasteiger partial charge in [0, 0.05) is 45.6 Å². The SMILES string of the molecule is Cn1c(CN2CCc3nn(C)c(=O)cc3C2)nnc1C1CC1. The summed E-state index contributed by atoms with van der Waals surface area (Å²) in [5.41, 5.74) is 2.03. The summed E-state index contributed by atoms with van der Waals surface area (Å²) in [6.45, 7) is 2.46. The summed E-state index contributed by atoms with van der Waals surface area (Å²) in [6, 6.07) is 1.71. The Hall–Kier alpha value is -2.02. The van der Waals surface area contributed by atoms with Crippen LogP contribution >= 0.6 is 0 Å². The Morgan fingerprint density at radius 2 is 2.09 bits per heavy atom. The Labute approximate surface area is 128 Å². The van der Waals surface area contributed by atoms with Crippen LogP contribution in [-0.2, 0) is 33.6 Å². The minimum atomic E-state index is -0.0460. The van der Waals surface area contributed by atoms with E-state index in [1.165, 1.54) is 17.5 Å². The molecule has 2 aliphatic rings. The van der Waals surface area contributed by atoms with Crippen molar-refractivity contribution < 1.29 is 0 Å². The van der Waals surface area contributed by atoms with Crippen LogP contribution in [0.2, 0.25) is 0 Å². The second-order valence-corrected chi connectivity index (χ2v) is 6.35. The van der Waals surface area contributed by atoms with Gasteiger partial charge in [-0.3, -0.25) is 9.69 Å². The van der Waals surface area contributed by atoms with E-state index in [-0.39, 0.29) is 5.56 Å². The lowest BCUT2D eigenvalue weighted by atomic mass is 10.1. The van der Waals surface area contributed by atoms with Gasteiger partial charge in [-0.2, -0.15) is 5.10 Å². The standard InChI is InChI=1S/C15H20N6O/c1-19-13(16-17-15(19)10-3-4-10)9-21-6-5-12-11(8-21)7-14(22)20(2)18-12/h7,10H,3-6,8-9H2,1-2H3. The van der Waals surface area contributed by atoms with Gasteiger partial charge in [-0.05, 0) is 18.4 Å². The Morgan fingerprint density at radius 1 is 1.27 bits per heavy atom. The first kappa shape index (κ1) is 13.6. The number of aryl methyl sites for hydroxylation is 1. The molecule has 7 heteroatoms. The summed E-state index contributed by atoms with van der Waals surface area (Å²) in [5, 5.41) is 13.0. The van der Waals surface area contributed by atoms with Crippen LogP contribution < -0.4 is 5.56 Å². The fourth-order valence-corrected chi connectivity index (χ4v) is 3.10. The molecule has 0 atom stereocenters. The third-order valence-corrected chi connectivity index (χ3v) is 4.62. The maximum Gasteiger partial charge on any atom is 0.266 e. The molecule has 0 spiro atoms. The first-order valence-corrected chi connectivity index (χ1v) is 7.78. The molecule has 2 aromatic rings. The molecule has 22 heavy (non-hydrogen) atoms. The van der Waals surface area contributed by atoms with Crippen LogP contribution in [-0.4, -0.2) is 36.0 Å². The molecule has 4 rings (SSSR count). The number of aromatic nitrogens is 5. The van der Waals surface area contributed by atoms with E-state index in [2.05, 4.69) is 31.8 Å². The molecule has 1 saturated carbocycles. The van der Waals surface area contributed by atoms with Gasteiger partial charge >= 0.3 is 0 Å². The highest BCUT2D eigenvalue weighted by Gasteiger charge is 2.29. The second kappa shape index (κ2) is 5.01. The van der Waals surface area contributed by atoms with Gasteiger partial charge in [0.25, 0.3) is 5.56 Å². The predicted molar refractivity (Wildman–Crippen MR) is 80.3 cm³/mol. The average Bonchev–Trinajstić information content (AvgIpc) is 3.27. The third-order valence-electron chi connectivity index (χ3n) is 4.62. The highest BCUT2D eigenvalue weighted by molar-refractivity contribution is 5.20. The lowest BCUT2D eigenvalue weighted by Gasteiger charge is -2.27. The topological polar surface area (TPSA) is 68.8 Å². The van der Waals surface area contributed by atoms with Crippen LogP contribution in [0.3, 0.4) is 0 Å². The normalized spacial score (nSPS) is 18.5. The van der Waals surface area contributed by atoms with Crippen LogP contribution in [0.5, 0.6) is 0 Å². The molecule has 116 valence electrons. The van der Waals surface area contributed by atoms with E-state index >= 15 is 0 Å². The van der Waals surface area contributed by atoms with Crippen molar-refractivity contribution in [2.75, 3.05) is 6.54 Å². The summed E-state index contributed by atoms with van der Waals surface area (Å²) < 4.78 is 3.55. The zero-order valence-corrected chi connectivity index (χ0v) is 13.0. The Morgan fingerprint density at radius 3 is 2.86 bits per heavy atom. The Bertz CT molecular complexity index is 773. The number of hydrogen-bond donors (Lipinski definition) is 0. The maximum absolute atomic E-state index is 11.8. The van der Waals surface area contributed by atoms with Crippen molar-refractivity contribution in [1.29, 1.82) is 0 Å². The Balaban J connectivity index is 1.53. The first-order chi connectivity index (χ1) is 10.6. The van der Waals surface area contributed by atoms with Crippen LogP contribution in [0.1, 0.15) is 41.7 Å². The molecule has 0 aromatic carbocycles. The van der Waals surface area contributed by atoms with Crippen molar-refractivity contribution in [1.82, 2.24) is 29.4 Å². The minimum Gasteiger partial charge on any atom is -0.317 e. The van der Waals surface area contributed by atoms with Gasteiger partial charge in [0.1, 0.15) is 11.6 Å². The Kier molecular flexibility index (Phi) is 3.11. The number of hydrogen-bond acceptors (Lipinski definition) is 5. The van der Waals surface area contributed by atoms with E-state index in [9.17, 15) is 4.79 Å². The van der Waals surface area contributed by atoms with Gasteiger partial charge in [-0.1, -0.05) is 0 Å². The molecule has 1 aliphatic heterocycles. The lowest BCUT2D eigenvalue weighted by Crippen LogP contribution is -2.34. The molecule has 3 heterocycles. The van der Waals surface area contributed by atoms with Crippen LogP contribution in [0.25, 0.3) is 0 Å². The van der Waals surface area contributed by atoms with Crippen molar-refractivity contribution in [2.24, 2.45) is 14.1 Å². The predicted octanol–water partition coefficient (Wildman–Crippen LogP) is 0.344. The molecule has 0 unspecified atom stereocenters. The van der Waals surface area contributed by atoms with Gasteiger partial charge in [0.2, 0.25) is 0 Å². The summed E-state index contributed by atoms with van der Waals surface area (Å²) in [4.78, 5) is 14.1. The van der Waals surface area contributed by atoms with Crippen LogP contribution in [0.4, 0.5) is 0 Å². The van der Waals surface area contributed by atoms with Gasteiger partial charge in [-0.15, -0.1) is 10.2 Å². The highest BCUT2D eigenvalue weighted by atomic mass is 16.1. The fourth-order valence-electron chi connectivity index (χ4n) is 3.10. The molecule has 1 aliphatic carbocycles. The van der Waals surface area contributed by atoms with E-state index < -0.39 is 0 Å². The van der Waals surface area contributed by atoms with Gasteiger partial charge in [0.15, 0.2) is 0 Å². The van der Waals surface area contributed by atoms with Crippen LogP contribution in [0.15, 0.2) is 10.9 Å². The van der Waals surface area contributed by atoms with Gasteiger partial charge in [0.05, 0.1) is 12.2 Å². The van der Waals surface area contributed by atoms with Crippen molar-refractivity contribution >= 4 is 0 Å². The molecule has 2 aromatic heterocycles. The lowest BCUT2D eigenvalue weighted by molar-refractivity contribution is 0.232. The van der Waals surface area contributed by atoms with E-state index in [4.69, 9.17) is 0 Å². The van der Waals surface area contributed by atoms with Crippen molar-refractivity contribution in [3.8, 4) is 0 Å². The molecular weight excluding hydrogens is 280 g/mol. The molecule has 1 fully saturated rings. The molecule has 0 bridgehead atoms. The molecule has 0 amide bonds. The van der Waals surface area contributed by atoms with E-state index in [0.29, 0.717) is 5.92 Å². The quantitative estimate of drug-likeness (QED) is 0.818. The molecular formula is C15H20N6O. The monoisotopic (exact) mass is 300 g/mol. The average molecular weight is 300 g/mol. The van der Waals surface area contributed by atoms with Crippen molar-refractivity contribution in [3.05, 3.63) is 39.3 Å². The molecule has 7 nitrogen and oxygen atoms in total. The van der Waals surface area contributed by atoms with Crippen molar-refractivity contribution in [3.63, 3.8) is 0 Å². The van der Waals surface area contributed by atoms with E-state index in [1.807, 2.05) is 0 Å². The van der Waals surface area contributed by atoms with E-state index in [1.54, 1.807) is 13.1 Å². The second-order valence-electron chi connectivity index (χ2n) is 6.35. The molecule has 0 radical (unpaired) electrons. The largest absolute Gasteiger partial charge is 0.317 e. The first-order valence-electron chi connectivity index (χ1n) is 7.78. The van der Waals surface area contributed by atoms with Gasteiger partial charge in [-0.25, -0.2) is 4.68 Å². The third kappa shape index (κ3) is 2.35. The van der Waals surface area contributed by atoms with Gasteiger partial charge < -0.3 is 4.57 Å². The zero-order valence-electron chi connectivity index (χ0n) is 13.0. The summed E-state index contributed by atoms with van der Waals surface area (Å²) in [5.74, 6) is 2.73. The summed E-state index contributed by atoms with van der Waals surface area (Å²) >= 11 is 0. The smallest absolute Gasteiger partial charge is 0.266 e. The minimum absolute atomic E-state index is 0.0460. The highest BCUT2D eigenvalue weighted by Crippen LogP contribution is 2.38. The van der Waals surface area contributed by atoms with Crippen LogP contribution in [0, 0.1) is 0 Å².